The maximum absolute atomic E-state index is 13.0. The first-order valence-corrected chi connectivity index (χ1v) is 5.15. The maximum Gasteiger partial charge on any atom is 0.125 e. The van der Waals surface area contributed by atoms with Gasteiger partial charge in [-0.1, -0.05) is 0 Å². The van der Waals surface area contributed by atoms with Gasteiger partial charge in [-0.3, -0.25) is 0 Å². The lowest BCUT2D eigenvalue weighted by Crippen LogP contribution is -2.24. The molecule has 82 valence electrons. The summed E-state index contributed by atoms with van der Waals surface area (Å²) >= 11 is 0. The SMILES string of the molecule is CN1CCC(Nc2cc(F)ccc2N)C1. The van der Waals surface area contributed by atoms with E-state index in [1.807, 2.05) is 0 Å². The van der Waals surface area contributed by atoms with Crippen LogP contribution in [-0.2, 0) is 0 Å². The minimum absolute atomic E-state index is 0.252. The Morgan fingerprint density at radius 2 is 2.33 bits per heavy atom. The number of likely N-dealkylation sites (N-methyl/N-ethyl adjacent to an activating group) is 1. The van der Waals surface area contributed by atoms with E-state index in [4.69, 9.17) is 5.73 Å². The fraction of sp³-hybridized carbons (Fsp3) is 0.455. The Bertz CT molecular complexity index is 354. The third kappa shape index (κ3) is 2.39. The molecule has 1 aliphatic rings. The quantitative estimate of drug-likeness (QED) is 0.726. The van der Waals surface area contributed by atoms with Gasteiger partial charge in [0.05, 0.1) is 11.4 Å². The molecule has 0 aromatic heterocycles. The first kappa shape index (κ1) is 10.2. The summed E-state index contributed by atoms with van der Waals surface area (Å²) in [7, 11) is 2.08. The molecule has 0 saturated carbocycles. The van der Waals surface area contributed by atoms with E-state index in [0.717, 1.165) is 19.5 Å². The molecular formula is C11H16FN3. The van der Waals surface area contributed by atoms with Crippen LogP contribution in [0.5, 0.6) is 0 Å². The molecule has 0 aliphatic carbocycles. The molecule has 15 heavy (non-hydrogen) atoms. The van der Waals surface area contributed by atoms with Crippen molar-refractivity contribution in [1.82, 2.24) is 4.90 Å². The second kappa shape index (κ2) is 4.06. The fourth-order valence-electron chi connectivity index (χ4n) is 1.93. The highest BCUT2D eigenvalue weighted by molar-refractivity contribution is 5.66. The molecule has 1 aromatic rings. The van der Waals surface area contributed by atoms with Crippen LogP contribution in [0.3, 0.4) is 0 Å². The van der Waals surface area contributed by atoms with Crippen molar-refractivity contribution in [2.45, 2.75) is 12.5 Å². The highest BCUT2D eigenvalue weighted by Crippen LogP contribution is 2.22. The fourth-order valence-corrected chi connectivity index (χ4v) is 1.93. The summed E-state index contributed by atoms with van der Waals surface area (Å²) in [4.78, 5) is 2.24. The van der Waals surface area contributed by atoms with Gasteiger partial charge in [0.2, 0.25) is 0 Å². The van der Waals surface area contributed by atoms with Crippen molar-refractivity contribution >= 4 is 11.4 Å². The molecule has 0 radical (unpaired) electrons. The van der Waals surface area contributed by atoms with Crippen molar-refractivity contribution in [2.24, 2.45) is 0 Å². The van der Waals surface area contributed by atoms with E-state index in [0.29, 0.717) is 17.4 Å². The van der Waals surface area contributed by atoms with Crippen molar-refractivity contribution < 1.29 is 4.39 Å². The Morgan fingerprint density at radius 1 is 1.53 bits per heavy atom. The summed E-state index contributed by atoms with van der Waals surface area (Å²) in [6.07, 6.45) is 1.08. The maximum atomic E-state index is 13.0. The van der Waals surface area contributed by atoms with E-state index in [1.54, 1.807) is 6.07 Å². The van der Waals surface area contributed by atoms with E-state index < -0.39 is 0 Å². The van der Waals surface area contributed by atoms with Crippen LogP contribution in [0.15, 0.2) is 18.2 Å². The van der Waals surface area contributed by atoms with Crippen molar-refractivity contribution in [2.75, 3.05) is 31.2 Å². The molecule has 2 rings (SSSR count). The third-order valence-electron chi connectivity index (χ3n) is 2.77. The van der Waals surface area contributed by atoms with E-state index in [9.17, 15) is 4.39 Å². The second-order valence-electron chi connectivity index (χ2n) is 4.12. The van der Waals surface area contributed by atoms with Gasteiger partial charge in [0.1, 0.15) is 5.82 Å². The number of benzene rings is 1. The smallest absolute Gasteiger partial charge is 0.125 e. The van der Waals surface area contributed by atoms with E-state index in [2.05, 4.69) is 17.3 Å². The Labute approximate surface area is 89.1 Å². The number of hydrogen-bond donors (Lipinski definition) is 2. The first-order chi connectivity index (χ1) is 7.15. The molecule has 1 aromatic carbocycles. The van der Waals surface area contributed by atoms with Crippen LogP contribution in [0, 0.1) is 5.82 Å². The average molecular weight is 209 g/mol. The first-order valence-electron chi connectivity index (χ1n) is 5.15. The van der Waals surface area contributed by atoms with E-state index >= 15 is 0 Å². The van der Waals surface area contributed by atoms with Gasteiger partial charge in [-0.15, -0.1) is 0 Å². The normalized spacial score (nSPS) is 21.9. The molecule has 3 N–H and O–H groups in total. The van der Waals surface area contributed by atoms with Crippen molar-refractivity contribution in [1.29, 1.82) is 0 Å². The monoisotopic (exact) mass is 209 g/mol. The molecule has 1 unspecified atom stereocenters. The molecular weight excluding hydrogens is 193 g/mol. The molecule has 0 bridgehead atoms. The third-order valence-corrected chi connectivity index (χ3v) is 2.77. The van der Waals surface area contributed by atoms with Crippen molar-refractivity contribution in [3.8, 4) is 0 Å². The molecule has 0 spiro atoms. The van der Waals surface area contributed by atoms with Gasteiger partial charge in [-0.25, -0.2) is 4.39 Å². The molecule has 0 amide bonds. The van der Waals surface area contributed by atoms with Gasteiger partial charge < -0.3 is 16.0 Å². The predicted octanol–water partition coefficient (Wildman–Crippen LogP) is 1.52. The van der Waals surface area contributed by atoms with Crippen LogP contribution >= 0.6 is 0 Å². The van der Waals surface area contributed by atoms with Gasteiger partial charge in [-0.2, -0.15) is 0 Å². The molecule has 4 heteroatoms. The number of nitrogen functional groups attached to an aromatic ring is 1. The zero-order valence-corrected chi connectivity index (χ0v) is 8.83. The lowest BCUT2D eigenvalue weighted by atomic mass is 10.2. The lowest BCUT2D eigenvalue weighted by Gasteiger charge is -2.15. The Hall–Kier alpha value is -1.29. The van der Waals surface area contributed by atoms with Crippen molar-refractivity contribution in [3.63, 3.8) is 0 Å². The number of hydrogen-bond acceptors (Lipinski definition) is 3. The molecule has 1 saturated heterocycles. The Kier molecular flexibility index (Phi) is 2.77. The number of nitrogens with zero attached hydrogens (tertiary/aromatic N) is 1. The summed E-state index contributed by atoms with van der Waals surface area (Å²) in [6.45, 7) is 2.06. The van der Waals surface area contributed by atoms with Gasteiger partial charge >= 0.3 is 0 Å². The van der Waals surface area contributed by atoms with E-state index in [-0.39, 0.29) is 5.82 Å². The minimum Gasteiger partial charge on any atom is -0.397 e. The summed E-state index contributed by atoms with van der Waals surface area (Å²) in [5, 5.41) is 3.27. The molecule has 1 fully saturated rings. The van der Waals surface area contributed by atoms with Crippen LogP contribution in [0.1, 0.15) is 6.42 Å². The molecule has 1 atom stereocenters. The molecule has 3 nitrogen and oxygen atoms in total. The van der Waals surface area contributed by atoms with E-state index in [1.165, 1.54) is 12.1 Å². The predicted molar refractivity (Wildman–Crippen MR) is 60.3 cm³/mol. The Balaban J connectivity index is 2.07. The van der Waals surface area contributed by atoms with Crippen LogP contribution in [0.4, 0.5) is 15.8 Å². The van der Waals surface area contributed by atoms with Crippen LogP contribution < -0.4 is 11.1 Å². The van der Waals surface area contributed by atoms with Gasteiger partial charge in [0.15, 0.2) is 0 Å². The number of nitrogens with one attached hydrogen (secondary N) is 1. The molecule has 1 heterocycles. The van der Waals surface area contributed by atoms with Crippen molar-refractivity contribution in [3.05, 3.63) is 24.0 Å². The standard InChI is InChI=1S/C11H16FN3/c1-15-5-4-9(7-15)14-11-6-8(12)2-3-10(11)13/h2-3,6,9,14H,4-5,7,13H2,1H3. The van der Waals surface area contributed by atoms with Crippen LogP contribution in [0.25, 0.3) is 0 Å². The summed E-state index contributed by atoms with van der Waals surface area (Å²) < 4.78 is 13.0. The number of halogens is 1. The average Bonchev–Trinajstić information content (AvgIpc) is 2.58. The number of likely N-dealkylation sites (tertiary alicyclic amines) is 1. The lowest BCUT2D eigenvalue weighted by molar-refractivity contribution is 0.414. The highest BCUT2D eigenvalue weighted by Gasteiger charge is 2.19. The topological polar surface area (TPSA) is 41.3 Å². The second-order valence-corrected chi connectivity index (χ2v) is 4.12. The van der Waals surface area contributed by atoms with Gasteiger partial charge in [-0.05, 0) is 38.2 Å². The van der Waals surface area contributed by atoms with Gasteiger partial charge in [0.25, 0.3) is 0 Å². The zero-order chi connectivity index (χ0) is 10.8. The van der Waals surface area contributed by atoms with Crippen LogP contribution in [0.2, 0.25) is 0 Å². The molecule has 1 aliphatic heterocycles. The largest absolute Gasteiger partial charge is 0.397 e. The number of anilines is 2. The summed E-state index contributed by atoms with van der Waals surface area (Å²) in [6, 6.07) is 4.80. The minimum atomic E-state index is -0.252. The summed E-state index contributed by atoms with van der Waals surface area (Å²) in [5.74, 6) is -0.252. The van der Waals surface area contributed by atoms with Crippen LogP contribution in [-0.4, -0.2) is 31.1 Å². The zero-order valence-electron chi connectivity index (χ0n) is 8.83. The highest BCUT2D eigenvalue weighted by atomic mass is 19.1. The Morgan fingerprint density at radius 3 is 3.00 bits per heavy atom. The number of rotatable bonds is 2. The summed E-state index contributed by atoms with van der Waals surface area (Å²) in [5.41, 5.74) is 7.07. The number of nitrogens with two attached hydrogens (primary N) is 1. The van der Waals surface area contributed by atoms with Gasteiger partial charge in [0, 0.05) is 12.6 Å².